The summed E-state index contributed by atoms with van der Waals surface area (Å²) < 4.78 is 33.8. The van der Waals surface area contributed by atoms with E-state index in [2.05, 4.69) is 0 Å². The van der Waals surface area contributed by atoms with E-state index >= 15 is 0 Å². The first-order valence-corrected chi connectivity index (χ1v) is 13.5. The Balaban J connectivity index is 0. The minimum atomic E-state index is -4.12. The maximum absolute atomic E-state index is 11.3. The van der Waals surface area contributed by atoms with Crippen molar-refractivity contribution in [3.8, 4) is 0 Å². The number of rotatable bonds is 21. The zero-order valence-corrected chi connectivity index (χ0v) is 23.6. The monoisotopic (exact) mass is 458 g/mol. The summed E-state index contributed by atoms with van der Waals surface area (Å²) in [6.45, 7) is 3.89. The third-order valence-corrected chi connectivity index (χ3v) is 6.97. The van der Waals surface area contributed by atoms with Gasteiger partial charge in [0, 0.05) is 5.25 Å². The van der Waals surface area contributed by atoms with Crippen molar-refractivity contribution in [2.24, 2.45) is 0 Å². The molecule has 0 fully saturated rings. The molecule has 0 aliphatic heterocycles. The fourth-order valence-corrected chi connectivity index (χ4v) is 4.71. The Hall–Kier alpha value is 1.51. The zero-order valence-electron chi connectivity index (χ0n) is 19.7. The fourth-order valence-electron chi connectivity index (χ4n) is 3.80. The van der Waals surface area contributed by atoms with Gasteiger partial charge >= 0.3 is 51.4 Å². The maximum atomic E-state index is 11.3. The Bertz CT molecular complexity index is 427. The molecule has 0 saturated heterocycles. The van der Waals surface area contributed by atoms with E-state index in [9.17, 15) is 18.1 Å². The van der Waals surface area contributed by atoms with Crippen LogP contribution in [0.2, 0.25) is 0 Å². The van der Waals surface area contributed by atoms with E-state index in [-0.39, 0.29) is 57.5 Å². The Morgan fingerprint density at radius 1 is 0.655 bits per heavy atom. The van der Waals surface area contributed by atoms with E-state index in [4.69, 9.17) is 0 Å². The smallest absolute Gasteiger partial charge is 0.748 e. The Kier molecular flexibility index (Phi) is 25.6. The van der Waals surface area contributed by atoms with Crippen LogP contribution in [0.4, 0.5) is 0 Å². The number of aliphatic hydroxyl groups is 1. The molecule has 0 radical (unpaired) electrons. The molecule has 0 aromatic heterocycles. The molecule has 0 saturated carbocycles. The van der Waals surface area contributed by atoms with E-state index in [1.807, 2.05) is 13.8 Å². The fraction of sp³-hybridized carbons (Fsp3) is 1.00. The van der Waals surface area contributed by atoms with Gasteiger partial charge in [-0.15, -0.1) is 0 Å². The van der Waals surface area contributed by atoms with Gasteiger partial charge in [-0.1, -0.05) is 110 Å². The molecule has 29 heavy (non-hydrogen) atoms. The van der Waals surface area contributed by atoms with Crippen LogP contribution < -0.4 is 51.4 Å². The predicted molar refractivity (Wildman–Crippen MR) is 119 cm³/mol. The number of aliphatic hydroxyl groups excluding tert-OH is 1. The molecule has 4 nitrogen and oxygen atoms in total. The van der Waals surface area contributed by atoms with Crippen LogP contribution in [0.3, 0.4) is 0 Å². The van der Waals surface area contributed by atoms with Crippen molar-refractivity contribution >= 4 is 10.1 Å². The first kappa shape index (κ1) is 32.7. The van der Waals surface area contributed by atoms with E-state index in [1.165, 1.54) is 64.2 Å². The molecule has 0 heterocycles. The Morgan fingerprint density at radius 3 is 1.28 bits per heavy atom. The van der Waals surface area contributed by atoms with Crippen molar-refractivity contribution in [3.63, 3.8) is 0 Å². The summed E-state index contributed by atoms with van der Waals surface area (Å²) in [5.74, 6) is 0. The van der Waals surface area contributed by atoms with Crippen LogP contribution in [0.25, 0.3) is 0 Å². The van der Waals surface area contributed by atoms with Gasteiger partial charge in [0.05, 0.1) is 16.2 Å². The summed E-state index contributed by atoms with van der Waals surface area (Å²) in [5, 5.41) is 8.54. The van der Waals surface area contributed by atoms with Crippen molar-refractivity contribution in [1.82, 2.24) is 0 Å². The number of hydrogen-bond donors (Lipinski definition) is 1. The van der Waals surface area contributed by atoms with Gasteiger partial charge in [0.2, 0.25) is 0 Å². The van der Waals surface area contributed by atoms with Crippen molar-refractivity contribution in [2.45, 2.75) is 147 Å². The average Bonchev–Trinajstić information content (AvgIpc) is 2.62. The van der Waals surface area contributed by atoms with Crippen molar-refractivity contribution < 1.29 is 69.5 Å². The van der Waals surface area contributed by atoms with E-state index < -0.39 is 15.4 Å². The molecule has 0 bridgehead atoms. The minimum Gasteiger partial charge on any atom is -0.748 e. The van der Waals surface area contributed by atoms with Gasteiger partial charge in [-0.25, -0.2) is 8.42 Å². The second-order valence-corrected chi connectivity index (χ2v) is 10.3. The van der Waals surface area contributed by atoms with E-state index in [0.717, 1.165) is 44.9 Å². The molecule has 2 atom stereocenters. The first-order chi connectivity index (χ1) is 13.4. The van der Waals surface area contributed by atoms with Crippen molar-refractivity contribution in [3.05, 3.63) is 0 Å². The van der Waals surface area contributed by atoms with Gasteiger partial charge < -0.3 is 9.66 Å². The largest absolute Gasteiger partial charge is 1.00 e. The summed E-state index contributed by atoms with van der Waals surface area (Å²) in [6.07, 6.45) is 20.9. The van der Waals surface area contributed by atoms with Crippen LogP contribution >= 0.6 is 0 Å². The topological polar surface area (TPSA) is 77.4 Å². The average molecular weight is 459 g/mol. The Morgan fingerprint density at radius 2 is 0.966 bits per heavy atom. The van der Waals surface area contributed by atoms with Crippen LogP contribution in [0.15, 0.2) is 0 Å². The zero-order chi connectivity index (χ0) is 21.1. The molecule has 0 aliphatic rings. The molecule has 1 N–H and O–H groups in total. The molecule has 0 amide bonds. The molecule has 170 valence electrons. The Labute approximate surface area is 224 Å². The summed E-state index contributed by atoms with van der Waals surface area (Å²) in [4.78, 5) is 0. The summed E-state index contributed by atoms with van der Waals surface area (Å²) >= 11 is 0. The molecule has 0 aromatic carbocycles. The van der Waals surface area contributed by atoms with E-state index in [0.29, 0.717) is 12.8 Å². The maximum Gasteiger partial charge on any atom is 1.00 e. The van der Waals surface area contributed by atoms with Gasteiger partial charge in [0.1, 0.15) is 0 Å². The standard InChI is InChI=1S/C23H48O4S.K/c1-3-4-20-23(28(25,26)27)21-18-16-14-12-10-8-6-5-7-9-11-13-15-17-19-22(2)24;/h22-24H,3-21H2,1-2H3,(H,25,26,27);/q;+1/p-1. The summed E-state index contributed by atoms with van der Waals surface area (Å²) in [7, 11) is -4.12. The van der Waals surface area contributed by atoms with Gasteiger partial charge in [-0.2, -0.15) is 0 Å². The molecule has 0 spiro atoms. The number of unbranched alkanes of at least 4 members (excludes halogenated alkanes) is 14. The van der Waals surface area contributed by atoms with Gasteiger partial charge in [0.25, 0.3) is 0 Å². The second kappa shape index (κ2) is 22.7. The van der Waals surface area contributed by atoms with E-state index in [1.54, 1.807) is 0 Å². The quantitative estimate of drug-likeness (QED) is 0.162. The summed E-state index contributed by atoms with van der Waals surface area (Å²) in [5.41, 5.74) is 0. The van der Waals surface area contributed by atoms with Crippen LogP contribution in [-0.2, 0) is 10.1 Å². The number of hydrogen-bond acceptors (Lipinski definition) is 4. The van der Waals surface area contributed by atoms with Gasteiger partial charge in [0.15, 0.2) is 0 Å². The van der Waals surface area contributed by atoms with Crippen molar-refractivity contribution in [1.29, 1.82) is 0 Å². The van der Waals surface area contributed by atoms with Crippen LogP contribution in [0.5, 0.6) is 0 Å². The van der Waals surface area contributed by atoms with Gasteiger partial charge in [-0.05, 0) is 26.2 Å². The third kappa shape index (κ3) is 24.0. The van der Waals surface area contributed by atoms with Crippen LogP contribution in [-0.4, -0.2) is 29.4 Å². The van der Waals surface area contributed by atoms with Gasteiger partial charge in [-0.3, -0.25) is 0 Å². The van der Waals surface area contributed by atoms with Crippen molar-refractivity contribution in [2.75, 3.05) is 0 Å². The predicted octanol–water partition coefficient (Wildman–Crippen LogP) is 3.72. The summed E-state index contributed by atoms with van der Waals surface area (Å²) in [6, 6.07) is 0. The van der Waals surface area contributed by atoms with Crippen LogP contribution in [0, 0.1) is 0 Å². The molecule has 0 rings (SSSR count). The molecular weight excluding hydrogens is 411 g/mol. The normalized spacial score (nSPS) is 13.8. The van der Waals surface area contributed by atoms with Crippen LogP contribution in [0.1, 0.15) is 136 Å². The third-order valence-electron chi connectivity index (χ3n) is 5.69. The molecule has 6 heteroatoms. The minimum absolute atomic E-state index is 0. The molecular formula is C23H47KO4S. The molecule has 0 aliphatic carbocycles. The molecule has 2 unspecified atom stereocenters. The SMILES string of the molecule is CCCCC(CCCCCCCCCCCCCCCCC(C)O)S(=O)(=O)[O-].[K+]. The first-order valence-electron chi connectivity index (χ1n) is 12.0. The molecule has 0 aromatic rings. The second-order valence-electron chi connectivity index (χ2n) is 8.63.